The van der Waals surface area contributed by atoms with E-state index in [-0.39, 0.29) is 11.6 Å². The van der Waals surface area contributed by atoms with Crippen LogP contribution < -0.4 is 5.32 Å². The van der Waals surface area contributed by atoms with Crippen molar-refractivity contribution in [1.82, 2.24) is 10.2 Å². The van der Waals surface area contributed by atoms with Crippen LogP contribution in [0.4, 0.5) is 10.8 Å². The number of hydrogen-bond donors (Lipinski definition) is 1. The normalized spacial score (nSPS) is 10.4. The largest absolute Gasteiger partial charge is 0.296 e. The molecule has 126 valence electrons. The molecule has 0 aliphatic heterocycles. The molecule has 1 aromatic heterocycles. The maximum absolute atomic E-state index is 12.1. The molecule has 2 aromatic carbocycles. The Bertz CT molecular complexity index is 882. The Morgan fingerprint density at radius 2 is 1.84 bits per heavy atom. The van der Waals surface area contributed by atoms with E-state index < -0.39 is 4.92 Å². The van der Waals surface area contributed by atoms with Crippen molar-refractivity contribution in [1.29, 1.82) is 0 Å². The molecule has 0 radical (unpaired) electrons. The number of nitrogens with zero attached hydrogens (tertiary/aromatic N) is 3. The minimum absolute atomic E-state index is 0.0653. The third kappa shape index (κ3) is 4.61. The van der Waals surface area contributed by atoms with Crippen LogP contribution in [0.15, 0.2) is 58.9 Å². The molecule has 7 nitrogen and oxygen atoms in total. The lowest BCUT2D eigenvalue weighted by Crippen LogP contribution is -2.11. The molecule has 0 saturated carbocycles. The molecular weight excluding hydrogens is 360 g/mol. The van der Waals surface area contributed by atoms with E-state index in [0.717, 1.165) is 5.56 Å². The SMILES string of the molecule is O=C(Nc1nnc(SCc2ccc([N+](=O)[O-])cc2)s1)c1ccccc1. The molecule has 0 fully saturated rings. The second-order valence-electron chi connectivity index (χ2n) is 4.91. The summed E-state index contributed by atoms with van der Waals surface area (Å²) in [6, 6.07) is 15.2. The topological polar surface area (TPSA) is 98.0 Å². The van der Waals surface area contributed by atoms with Crippen molar-refractivity contribution in [2.24, 2.45) is 0 Å². The van der Waals surface area contributed by atoms with Gasteiger partial charge in [0.05, 0.1) is 4.92 Å². The van der Waals surface area contributed by atoms with Gasteiger partial charge in [-0.3, -0.25) is 20.2 Å². The van der Waals surface area contributed by atoms with E-state index in [0.29, 0.717) is 20.8 Å². The zero-order valence-electron chi connectivity index (χ0n) is 12.8. The number of nitrogens with one attached hydrogen (secondary N) is 1. The summed E-state index contributed by atoms with van der Waals surface area (Å²) in [4.78, 5) is 22.3. The van der Waals surface area contributed by atoms with Gasteiger partial charge in [-0.25, -0.2) is 0 Å². The summed E-state index contributed by atoms with van der Waals surface area (Å²) in [6.07, 6.45) is 0. The molecular formula is C16H12N4O3S2. The molecule has 1 N–H and O–H groups in total. The molecule has 0 saturated heterocycles. The van der Waals surface area contributed by atoms with Gasteiger partial charge in [-0.05, 0) is 17.7 Å². The molecule has 0 atom stereocenters. The van der Waals surface area contributed by atoms with Crippen molar-refractivity contribution >= 4 is 39.8 Å². The number of benzene rings is 2. The molecule has 0 bridgehead atoms. The summed E-state index contributed by atoms with van der Waals surface area (Å²) >= 11 is 2.74. The first kappa shape index (κ1) is 17.1. The number of hydrogen-bond acceptors (Lipinski definition) is 7. The highest BCUT2D eigenvalue weighted by Crippen LogP contribution is 2.29. The van der Waals surface area contributed by atoms with Gasteiger partial charge in [0.15, 0.2) is 4.34 Å². The first-order valence-corrected chi connectivity index (χ1v) is 8.98. The lowest BCUT2D eigenvalue weighted by molar-refractivity contribution is -0.384. The highest BCUT2D eigenvalue weighted by Gasteiger charge is 2.11. The summed E-state index contributed by atoms with van der Waals surface area (Å²) in [6.45, 7) is 0. The van der Waals surface area contributed by atoms with E-state index in [4.69, 9.17) is 0 Å². The predicted octanol–water partition coefficient (Wildman–Crippen LogP) is 3.99. The minimum atomic E-state index is -0.427. The molecule has 3 aromatic rings. The number of aromatic nitrogens is 2. The van der Waals surface area contributed by atoms with Crippen LogP contribution in [0.5, 0.6) is 0 Å². The predicted molar refractivity (Wildman–Crippen MR) is 97.0 cm³/mol. The third-order valence-electron chi connectivity index (χ3n) is 3.17. The van der Waals surface area contributed by atoms with Gasteiger partial charge in [0.1, 0.15) is 0 Å². The first-order chi connectivity index (χ1) is 12.1. The maximum Gasteiger partial charge on any atom is 0.269 e. The van der Waals surface area contributed by atoms with E-state index in [1.807, 2.05) is 6.07 Å². The monoisotopic (exact) mass is 372 g/mol. The van der Waals surface area contributed by atoms with Gasteiger partial charge in [-0.2, -0.15) is 0 Å². The lowest BCUT2D eigenvalue weighted by Gasteiger charge is -2.00. The first-order valence-electron chi connectivity index (χ1n) is 7.18. The van der Waals surface area contributed by atoms with E-state index in [1.165, 1.54) is 35.2 Å². The molecule has 25 heavy (non-hydrogen) atoms. The van der Waals surface area contributed by atoms with E-state index in [1.54, 1.807) is 36.4 Å². The van der Waals surface area contributed by atoms with Crippen molar-refractivity contribution in [2.45, 2.75) is 10.1 Å². The van der Waals surface area contributed by atoms with Gasteiger partial charge in [-0.15, -0.1) is 10.2 Å². The Labute approximate surface area is 151 Å². The van der Waals surface area contributed by atoms with Crippen molar-refractivity contribution < 1.29 is 9.72 Å². The van der Waals surface area contributed by atoms with Crippen LogP contribution in [0.2, 0.25) is 0 Å². The van der Waals surface area contributed by atoms with Crippen LogP contribution in [0.25, 0.3) is 0 Å². The number of non-ortho nitro benzene ring substituents is 1. The van der Waals surface area contributed by atoms with Gasteiger partial charge >= 0.3 is 0 Å². The zero-order valence-corrected chi connectivity index (χ0v) is 14.4. The molecule has 0 aliphatic carbocycles. The Balaban J connectivity index is 1.56. The minimum Gasteiger partial charge on any atom is -0.296 e. The van der Waals surface area contributed by atoms with Gasteiger partial charge < -0.3 is 0 Å². The second-order valence-corrected chi connectivity index (χ2v) is 7.11. The number of nitro benzene ring substituents is 1. The Morgan fingerprint density at radius 1 is 1.12 bits per heavy atom. The molecule has 1 amide bonds. The highest BCUT2D eigenvalue weighted by molar-refractivity contribution is 8.00. The van der Waals surface area contributed by atoms with E-state index in [2.05, 4.69) is 15.5 Å². The molecule has 0 spiro atoms. The summed E-state index contributed by atoms with van der Waals surface area (Å²) in [5.74, 6) is 0.378. The number of carbonyl (C=O) groups excluding carboxylic acids is 1. The summed E-state index contributed by atoms with van der Waals surface area (Å²) in [5, 5.41) is 21.8. The van der Waals surface area contributed by atoms with Crippen molar-refractivity contribution in [2.75, 3.05) is 5.32 Å². The fourth-order valence-corrected chi connectivity index (χ4v) is 3.64. The van der Waals surface area contributed by atoms with Gasteiger partial charge in [0, 0.05) is 23.4 Å². The average molecular weight is 372 g/mol. The van der Waals surface area contributed by atoms with Gasteiger partial charge in [0.2, 0.25) is 5.13 Å². The smallest absolute Gasteiger partial charge is 0.269 e. The summed E-state index contributed by atoms with van der Waals surface area (Å²) in [5.41, 5.74) is 1.56. The van der Waals surface area contributed by atoms with Crippen LogP contribution >= 0.6 is 23.1 Å². The molecule has 3 rings (SSSR count). The van der Waals surface area contributed by atoms with Crippen LogP contribution in [-0.4, -0.2) is 21.0 Å². The number of anilines is 1. The standard InChI is InChI=1S/C16H12N4O3S2/c21-14(12-4-2-1-3-5-12)17-15-18-19-16(25-15)24-10-11-6-8-13(9-7-11)20(22)23/h1-9H,10H2,(H,17,18,21). The lowest BCUT2D eigenvalue weighted by atomic mass is 10.2. The zero-order chi connectivity index (χ0) is 17.6. The van der Waals surface area contributed by atoms with Crippen LogP contribution in [-0.2, 0) is 5.75 Å². The van der Waals surface area contributed by atoms with Crippen molar-refractivity contribution in [3.05, 3.63) is 75.8 Å². The highest BCUT2D eigenvalue weighted by atomic mass is 32.2. The van der Waals surface area contributed by atoms with Crippen molar-refractivity contribution in [3.8, 4) is 0 Å². The van der Waals surface area contributed by atoms with Crippen LogP contribution in [0.3, 0.4) is 0 Å². The third-order valence-corrected chi connectivity index (χ3v) is 5.22. The van der Waals surface area contributed by atoms with Gasteiger partial charge in [-0.1, -0.05) is 53.4 Å². The number of nitro groups is 1. The number of carbonyl (C=O) groups is 1. The maximum atomic E-state index is 12.1. The number of rotatable bonds is 6. The fraction of sp³-hybridized carbons (Fsp3) is 0.0625. The molecule has 9 heteroatoms. The number of amides is 1. The number of thioether (sulfide) groups is 1. The fourth-order valence-electron chi connectivity index (χ4n) is 1.94. The molecule has 0 aliphatic rings. The second kappa shape index (κ2) is 7.86. The Hall–Kier alpha value is -2.78. The average Bonchev–Trinajstić information content (AvgIpc) is 3.08. The van der Waals surface area contributed by atoms with Crippen LogP contribution in [0, 0.1) is 10.1 Å². The Morgan fingerprint density at radius 3 is 2.52 bits per heavy atom. The summed E-state index contributed by atoms with van der Waals surface area (Å²) < 4.78 is 0.710. The van der Waals surface area contributed by atoms with E-state index >= 15 is 0 Å². The quantitative estimate of drug-likeness (QED) is 0.304. The Kier molecular flexibility index (Phi) is 5.36. The van der Waals surface area contributed by atoms with E-state index in [9.17, 15) is 14.9 Å². The molecule has 0 unspecified atom stereocenters. The molecule has 1 heterocycles. The van der Waals surface area contributed by atoms with Crippen LogP contribution in [0.1, 0.15) is 15.9 Å². The van der Waals surface area contributed by atoms with Crippen molar-refractivity contribution in [3.63, 3.8) is 0 Å². The summed E-state index contributed by atoms with van der Waals surface area (Å²) in [7, 11) is 0. The van der Waals surface area contributed by atoms with Gasteiger partial charge in [0.25, 0.3) is 11.6 Å².